The van der Waals surface area contributed by atoms with Crippen molar-refractivity contribution in [3.05, 3.63) is 34.8 Å². The van der Waals surface area contributed by atoms with Crippen molar-refractivity contribution in [2.24, 2.45) is 10.7 Å². The Kier molecular flexibility index (Phi) is 3.59. The lowest BCUT2D eigenvalue weighted by Gasteiger charge is -2.26. The molecular formula is C14H14BrN3O3. The zero-order valence-corrected chi connectivity index (χ0v) is 12.8. The van der Waals surface area contributed by atoms with Crippen LogP contribution in [0.25, 0.3) is 0 Å². The van der Waals surface area contributed by atoms with Gasteiger partial charge in [0.15, 0.2) is 11.5 Å². The highest BCUT2D eigenvalue weighted by Gasteiger charge is 2.35. The van der Waals surface area contributed by atoms with E-state index in [0.717, 1.165) is 10.0 Å². The van der Waals surface area contributed by atoms with Crippen LogP contribution in [0, 0.1) is 0 Å². The highest BCUT2D eigenvalue weighted by molar-refractivity contribution is 9.10. The van der Waals surface area contributed by atoms with Crippen molar-refractivity contribution >= 4 is 27.8 Å². The van der Waals surface area contributed by atoms with Crippen molar-refractivity contribution in [2.45, 2.75) is 6.04 Å². The minimum absolute atomic E-state index is 0.269. The van der Waals surface area contributed by atoms with Crippen molar-refractivity contribution in [1.29, 1.82) is 0 Å². The Morgan fingerprint density at radius 2 is 2.24 bits per heavy atom. The van der Waals surface area contributed by atoms with Gasteiger partial charge in [-0.2, -0.15) is 4.99 Å². The Bertz CT molecular complexity index is 645. The number of amides is 2. The first-order valence-corrected chi connectivity index (χ1v) is 7.25. The molecule has 2 heterocycles. The summed E-state index contributed by atoms with van der Waals surface area (Å²) < 4.78 is 11.9. The first kappa shape index (κ1) is 13.9. The number of ether oxygens (including phenoxy) is 2. The van der Waals surface area contributed by atoms with Crippen molar-refractivity contribution in [3.63, 3.8) is 0 Å². The molecule has 0 spiro atoms. The molecule has 110 valence electrons. The number of nitrogens with two attached hydrogens (primary N) is 1. The van der Waals surface area contributed by atoms with Crippen LogP contribution >= 0.6 is 15.9 Å². The molecule has 0 saturated carbocycles. The van der Waals surface area contributed by atoms with Gasteiger partial charge in [0.2, 0.25) is 0 Å². The first-order chi connectivity index (χ1) is 10.1. The molecule has 0 saturated heterocycles. The number of nitrogens with zero attached hydrogens (tertiary/aromatic N) is 2. The van der Waals surface area contributed by atoms with E-state index in [2.05, 4.69) is 27.5 Å². The average molecular weight is 352 g/mol. The van der Waals surface area contributed by atoms with Crippen LogP contribution < -0.4 is 15.2 Å². The van der Waals surface area contributed by atoms with E-state index in [4.69, 9.17) is 15.2 Å². The predicted octanol–water partition coefficient (Wildman–Crippen LogP) is 2.24. The van der Waals surface area contributed by atoms with E-state index in [1.54, 1.807) is 11.0 Å². The molecule has 1 aromatic carbocycles. The van der Waals surface area contributed by atoms with E-state index < -0.39 is 6.04 Å². The third-order valence-corrected chi connectivity index (χ3v) is 3.91. The predicted molar refractivity (Wildman–Crippen MR) is 81.8 cm³/mol. The molecule has 1 atom stereocenters. The Hall–Kier alpha value is -2.02. The molecule has 2 aliphatic heterocycles. The van der Waals surface area contributed by atoms with E-state index >= 15 is 0 Å². The number of halogens is 1. The van der Waals surface area contributed by atoms with Gasteiger partial charge in [-0.05, 0) is 33.6 Å². The molecule has 2 N–H and O–H groups in total. The van der Waals surface area contributed by atoms with Crippen LogP contribution in [-0.2, 0) is 0 Å². The molecule has 1 aromatic rings. The Morgan fingerprint density at radius 3 is 3.00 bits per heavy atom. The smallest absolute Gasteiger partial charge is 0.346 e. The maximum absolute atomic E-state index is 11.9. The molecule has 0 radical (unpaired) electrons. The van der Waals surface area contributed by atoms with E-state index in [1.807, 2.05) is 12.1 Å². The highest BCUT2D eigenvalue weighted by Crippen LogP contribution is 2.41. The van der Waals surface area contributed by atoms with Gasteiger partial charge in [0.25, 0.3) is 0 Å². The molecule has 0 bridgehead atoms. The molecule has 2 aliphatic rings. The van der Waals surface area contributed by atoms with Crippen LogP contribution in [0.1, 0.15) is 11.6 Å². The Morgan fingerprint density at radius 1 is 1.48 bits per heavy atom. The molecule has 0 aliphatic carbocycles. The molecule has 21 heavy (non-hydrogen) atoms. The SMILES string of the molecule is C=CCN1C(=O)N=C(N)C1c1cc(Br)c2c(c1)OCCO2. The summed E-state index contributed by atoms with van der Waals surface area (Å²) in [6, 6.07) is 2.93. The zero-order chi connectivity index (χ0) is 15.0. The number of carbonyl (C=O) groups is 1. The molecule has 1 unspecified atom stereocenters. The number of carbonyl (C=O) groups excluding carboxylic acids is 1. The molecule has 6 nitrogen and oxygen atoms in total. The van der Waals surface area contributed by atoms with E-state index in [9.17, 15) is 4.79 Å². The number of urea groups is 1. The highest BCUT2D eigenvalue weighted by atomic mass is 79.9. The van der Waals surface area contributed by atoms with Gasteiger partial charge in [0, 0.05) is 6.54 Å². The summed E-state index contributed by atoms with van der Waals surface area (Å²) in [5.41, 5.74) is 6.73. The number of hydrogen-bond donors (Lipinski definition) is 1. The van der Waals surface area contributed by atoms with Crippen molar-refractivity contribution in [2.75, 3.05) is 19.8 Å². The fourth-order valence-electron chi connectivity index (χ4n) is 2.47. The third-order valence-electron chi connectivity index (χ3n) is 3.32. The summed E-state index contributed by atoms with van der Waals surface area (Å²) in [5.74, 6) is 1.57. The second kappa shape index (κ2) is 5.40. The quantitative estimate of drug-likeness (QED) is 0.847. The van der Waals surface area contributed by atoms with Crippen LogP contribution in [0.2, 0.25) is 0 Å². The van der Waals surface area contributed by atoms with Crippen LogP contribution in [-0.4, -0.2) is 36.5 Å². The molecule has 2 amide bonds. The maximum Gasteiger partial charge on any atom is 0.346 e. The number of amidine groups is 1. The minimum Gasteiger partial charge on any atom is -0.486 e. The first-order valence-electron chi connectivity index (χ1n) is 6.46. The molecule has 0 fully saturated rings. The summed E-state index contributed by atoms with van der Waals surface area (Å²) >= 11 is 3.46. The maximum atomic E-state index is 11.9. The normalized spacial score (nSPS) is 20.4. The lowest BCUT2D eigenvalue weighted by atomic mass is 10.0. The number of fused-ring (bicyclic) bond motifs is 1. The van der Waals surface area contributed by atoms with E-state index in [-0.39, 0.29) is 11.9 Å². The Labute approximate surface area is 130 Å². The van der Waals surface area contributed by atoms with Crippen molar-refractivity contribution in [3.8, 4) is 11.5 Å². The summed E-state index contributed by atoms with van der Waals surface area (Å²) in [5, 5.41) is 0. The second-order valence-electron chi connectivity index (χ2n) is 4.69. The van der Waals surface area contributed by atoms with Gasteiger partial charge < -0.3 is 20.1 Å². The Balaban J connectivity index is 2.03. The van der Waals surface area contributed by atoms with Crippen LogP contribution in [0.5, 0.6) is 11.5 Å². The molecule has 3 rings (SSSR count). The van der Waals surface area contributed by atoms with E-state index in [1.165, 1.54) is 0 Å². The number of aliphatic imine (C=N–C) groups is 1. The van der Waals surface area contributed by atoms with Gasteiger partial charge in [-0.15, -0.1) is 6.58 Å². The van der Waals surface area contributed by atoms with Gasteiger partial charge in [0.1, 0.15) is 25.1 Å². The van der Waals surface area contributed by atoms with E-state index in [0.29, 0.717) is 31.3 Å². The molecular weight excluding hydrogens is 338 g/mol. The van der Waals surface area contributed by atoms with Gasteiger partial charge in [-0.25, -0.2) is 4.79 Å². The fourth-order valence-corrected chi connectivity index (χ4v) is 3.04. The van der Waals surface area contributed by atoms with Crippen LogP contribution in [0.4, 0.5) is 4.79 Å². The summed E-state index contributed by atoms with van der Waals surface area (Å²) in [6.07, 6.45) is 1.64. The summed E-state index contributed by atoms with van der Waals surface area (Å²) in [6.45, 7) is 5.04. The number of hydrogen-bond acceptors (Lipinski definition) is 4. The third kappa shape index (κ3) is 2.37. The van der Waals surface area contributed by atoms with Crippen LogP contribution in [0.15, 0.2) is 34.3 Å². The minimum atomic E-state index is -0.414. The fraction of sp³-hybridized carbons (Fsp3) is 0.286. The summed E-state index contributed by atoms with van der Waals surface area (Å²) in [7, 11) is 0. The van der Waals surface area contributed by atoms with Crippen LogP contribution in [0.3, 0.4) is 0 Å². The number of rotatable bonds is 3. The largest absolute Gasteiger partial charge is 0.486 e. The van der Waals surface area contributed by atoms with Gasteiger partial charge in [0.05, 0.1) is 4.47 Å². The lowest BCUT2D eigenvalue weighted by molar-refractivity contribution is 0.170. The van der Waals surface area contributed by atoms with Gasteiger partial charge >= 0.3 is 6.03 Å². The standard InChI is InChI=1S/C14H14BrN3O3/c1-2-3-18-11(13(16)17-14(18)19)8-6-9(15)12-10(7-8)20-4-5-21-12/h2,6-7,11H,1,3-5H2,(H2,16,17,19). The molecule has 7 heteroatoms. The van der Waals surface area contributed by atoms with Crippen molar-refractivity contribution < 1.29 is 14.3 Å². The van der Waals surface area contributed by atoms with Gasteiger partial charge in [-0.1, -0.05) is 6.08 Å². The van der Waals surface area contributed by atoms with Crippen molar-refractivity contribution in [1.82, 2.24) is 4.90 Å². The topological polar surface area (TPSA) is 77.2 Å². The van der Waals surface area contributed by atoms with Gasteiger partial charge in [-0.3, -0.25) is 0 Å². The second-order valence-corrected chi connectivity index (χ2v) is 5.54. The summed E-state index contributed by atoms with van der Waals surface area (Å²) in [4.78, 5) is 17.3. The average Bonchev–Trinajstić information content (AvgIpc) is 2.74. The number of benzene rings is 1. The molecule has 0 aromatic heterocycles. The zero-order valence-electron chi connectivity index (χ0n) is 11.2. The monoisotopic (exact) mass is 351 g/mol. The lowest BCUT2D eigenvalue weighted by Crippen LogP contribution is -2.33.